The number of benzene rings is 3. The van der Waals surface area contributed by atoms with Gasteiger partial charge in [0.15, 0.2) is 5.82 Å². The van der Waals surface area contributed by atoms with E-state index in [0.29, 0.717) is 28.5 Å². The van der Waals surface area contributed by atoms with Crippen molar-refractivity contribution >= 4 is 34.2 Å². The maximum atomic E-state index is 13.7. The van der Waals surface area contributed by atoms with E-state index in [0.717, 1.165) is 11.6 Å². The van der Waals surface area contributed by atoms with E-state index >= 15 is 0 Å². The summed E-state index contributed by atoms with van der Waals surface area (Å²) < 4.78 is 21.4. The zero-order valence-corrected chi connectivity index (χ0v) is 17.7. The number of imidazole rings is 1. The topological polar surface area (TPSA) is 81.9 Å². The molecule has 33 heavy (non-hydrogen) atoms. The second kappa shape index (κ2) is 8.68. The minimum Gasteiger partial charge on any atom is -0.457 e. The average molecular weight is 460 g/mol. The van der Waals surface area contributed by atoms with E-state index in [-0.39, 0.29) is 10.6 Å². The molecule has 5 aromatic rings. The first-order valence-corrected chi connectivity index (χ1v) is 10.2. The third-order valence-corrected chi connectivity index (χ3v) is 5.09. The smallest absolute Gasteiger partial charge is 0.255 e. The van der Waals surface area contributed by atoms with E-state index in [1.54, 1.807) is 65.9 Å². The number of rotatable bonds is 5. The molecule has 1 N–H and O–H groups in total. The van der Waals surface area contributed by atoms with Crippen LogP contribution in [0.5, 0.6) is 11.5 Å². The highest BCUT2D eigenvalue weighted by Crippen LogP contribution is 2.27. The maximum absolute atomic E-state index is 13.7. The van der Waals surface area contributed by atoms with Gasteiger partial charge in [0, 0.05) is 35.8 Å². The molecule has 0 bridgehead atoms. The van der Waals surface area contributed by atoms with Crippen LogP contribution in [0.25, 0.3) is 16.9 Å². The van der Waals surface area contributed by atoms with Crippen molar-refractivity contribution in [2.45, 2.75) is 0 Å². The number of hydrogen-bond acceptors (Lipinski definition) is 5. The molecule has 2 aromatic heterocycles. The largest absolute Gasteiger partial charge is 0.457 e. The van der Waals surface area contributed by atoms with Gasteiger partial charge >= 0.3 is 0 Å². The van der Waals surface area contributed by atoms with Crippen LogP contribution in [0.4, 0.5) is 10.1 Å². The number of fused-ring (bicyclic) bond motifs is 1. The maximum Gasteiger partial charge on any atom is 0.255 e. The molecule has 2 heterocycles. The number of anilines is 1. The highest BCUT2D eigenvalue weighted by molar-refractivity contribution is 6.30. The molecule has 0 saturated heterocycles. The zero-order valence-electron chi connectivity index (χ0n) is 16.9. The summed E-state index contributed by atoms with van der Waals surface area (Å²) in [6.45, 7) is 0. The molecule has 0 aliphatic carbocycles. The summed E-state index contributed by atoms with van der Waals surface area (Å²) in [6, 6.07) is 16.1. The predicted molar refractivity (Wildman–Crippen MR) is 123 cm³/mol. The van der Waals surface area contributed by atoms with Crippen LogP contribution in [-0.2, 0) is 0 Å². The molecule has 0 aliphatic heterocycles. The number of carbonyl (C=O) groups excluding carboxylic acids is 1. The molecule has 0 atom stereocenters. The van der Waals surface area contributed by atoms with Gasteiger partial charge in [-0.15, -0.1) is 0 Å². The van der Waals surface area contributed by atoms with Gasteiger partial charge in [0.2, 0.25) is 0 Å². The fourth-order valence-electron chi connectivity index (χ4n) is 3.18. The van der Waals surface area contributed by atoms with Crippen LogP contribution in [0.15, 0.2) is 85.6 Å². The number of carbonyl (C=O) groups is 1. The number of aromatic nitrogens is 4. The molecule has 1 amide bonds. The number of ether oxygens (including phenoxy) is 1. The van der Waals surface area contributed by atoms with E-state index in [1.165, 1.54) is 12.1 Å². The van der Waals surface area contributed by atoms with E-state index in [2.05, 4.69) is 20.3 Å². The second-order valence-corrected chi connectivity index (χ2v) is 7.47. The highest BCUT2D eigenvalue weighted by Gasteiger charge is 2.10. The molecule has 0 radical (unpaired) electrons. The first-order valence-electron chi connectivity index (χ1n) is 9.85. The first kappa shape index (κ1) is 20.6. The molecular formula is C24H15ClFN5O2. The van der Waals surface area contributed by atoms with E-state index < -0.39 is 11.7 Å². The number of amides is 1. The standard InChI is InChI=1S/C24H15ClFN5O2/c25-19-6-4-15(10-20(19)26)24(32)29-16-2-1-3-17(11-16)33-18-5-7-21-22(12-18)30-23(13-28-21)31-9-8-27-14-31/h1-14H,(H,29,32). The Bertz CT molecular complexity index is 1470. The molecule has 0 fully saturated rings. The minimum absolute atomic E-state index is 0.0424. The normalized spacial score (nSPS) is 10.8. The highest BCUT2D eigenvalue weighted by atomic mass is 35.5. The monoisotopic (exact) mass is 459 g/mol. The second-order valence-electron chi connectivity index (χ2n) is 7.06. The lowest BCUT2D eigenvalue weighted by Gasteiger charge is -2.10. The molecule has 9 heteroatoms. The van der Waals surface area contributed by atoms with Crippen molar-refractivity contribution in [1.29, 1.82) is 0 Å². The van der Waals surface area contributed by atoms with Crippen LogP contribution >= 0.6 is 11.6 Å². The summed E-state index contributed by atoms with van der Waals surface area (Å²) in [5, 5.41) is 2.68. The summed E-state index contributed by atoms with van der Waals surface area (Å²) in [5.74, 6) is 0.587. The van der Waals surface area contributed by atoms with Crippen LogP contribution in [0.3, 0.4) is 0 Å². The van der Waals surface area contributed by atoms with Crippen molar-refractivity contribution in [2.75, 3.05) is 5.32 Å². The Morgan fingerprint density at radius 3 is 2.73 bits per heavy atom. The van der Waals surface area contributed by atoms with Crippen LogP contribution in [0.2, 0.25) is 5.02 Å². The number of hydrogen-bond donors (Lipinski definition) is 1. The molecule has 162 valence electrons. The average Bonchev–Trinajstić information content (AvgIpc) is 3.36. The van der Waals surface area contributed by atoms with Crippen molar-refractivity contribution in [2.24, 2.45) is 0 Å². The van der Waals surface area contributed by atoms with Crippen molar-refractivity contribution in [3.8, 4) is 17.3 Å². The lowest BCUT2D eigenvalue weighted by Crippen LogP contribution is -2.12. The Morgan fingerprint density at radius 1 is 1.03 bits per heavy atom. The molecule has 0 spiro atoms. The summed E-state index contributed by atoms with van der Waals surface area (Å²) in [4.78, 5) is 25.5. The number of nitrogens with zero attached hydrogens (tertiary/aromatic N) is 4. The third-order valence-electron chi connectivity index (χ3n) is 4.78. The van der Waals surface area contributed by atoms with Crippen molar-refractivity contribution in [1.82, 2.24) is 19.5 Å². The zero-order chi connectivity index (χ0) is 22.8. The van der Waals surface area contributed by atoms with Crippen LogP contribution in [0.1, 0.15) is 10.4 Å². The third kappa shape index (κ3) is 4.51. The van der Waals surface area contributed by atoms with Crippen LogP contribution in [-0.4, -0.2) is 25.4 Å². The van der Waals surface area contributed by atoms with Crippen molar-refractivity contribution in [3.63, 3.8) is 0 Å². The summed E-state index contributed by atoms with van der Waals surface area (Å²) >= 11 is 5.68. The van der Waals surface area contributed by atoms with Gasteiger partial charge in [-0.25, -0.2) is 14.4 Å². The Kier molecular flexibility index (Phi) is 5.42. The summed E-state index contributed by atoms with van der Waals surface area (Å²) in [5.41, 5.74) is 2.04. The molecule has 0 saturated carbocycles. The predicted octanol–water partition coefficient (Wildman–Crippen LogP) is 5.65. The fraction of sp³-hybridized carbons (Fsp3) is 0. The Morgan fingerprint density at radius 2 is 1.91 bits per heavy atom. The first-order chi connectivity index (χ1) is 16.0. The molecule has 5 rings (SSSR count). The van der Waals surface area contributed by atoms with E-state index in [4.69, 9.17) is 16.3 Å². The minimum atomic E-state index is -0.656. The van der Waals surface area contributed by atoms with Crippen LogP contribution < -0.4 is 10.1 Å². The Hall–Kier alpha value is -4.30. The quantitative estimate of drug-likeness (QED) is 0.367. The van der Waals surface area contributed by atoms with E-state index in [1.807, 2.05) is 6.07 Å². The van der Waals surface area contributed by atoms with Gasteiger partial charge in [0.25, 0.3) is 5.91 Å². The Labute approximate surface area is 192 Å². The van der Waals surface area contributed by atoms with Gasteiger partial charge in [-0.1, -0.05) is 17.7 Å². The van der Waals surface area contributed by atoms with Gasteiger partial charge in [-0.2, -0.15) is 0 Å². The molecular weight excluding hydrogens is 445 g/mol. The van der Waals surface area contributed by atoms with E-state index in [9.17, 15) is 9.18 Å². The lowest BCUT2D eigenvalue weighted by atomic mass is 10.2. The molecule has 0 unspecified atom stereocenters. The SMILES string of the molecule is O=C(Nc1cccc(Oc2ccc3ncc(-n4ccnc4)nc3c2)c1)c1ccc(Cl)c(F)c1. The fourth-order valence-corrected chi connectivity index (χ4v) is 3.30. The molecule has 7 nitrogen and oxygen atoms in total. The Balaban J connectivity index is 1.35. The van der Waals surface area contributed by atoms with Crippen LogP contribution in [0, 0.1) is 5.82 Å². The van der Waals surface area contributed by atoms with Gasteiger partial charge in [-0.05, 0) is 42.5 Å². The van der Waals surface area contributed by atoms with Gasteiger partial charge < -0.3 is 10.1 Å². The molecule has 0 aliphatic rings. The van der Waals surface area contributed by atoms with Gasteiger partial charge in [-0.3, -0.25) is 14.3 Å². The number of halogens is 2. The van der Waals surface area contributed by atoms with Crippen molar-refractivity contribution in [3.05, 3.63) is 102 Å². The van der Waals surface area contributed by atoms with Crippen molar-refractivity contribution < 1.29 is 13.9 Å². The van der Waals surface area contributed by atoms with Gasteiger partial charge in [0.05, 0.1) is 22.3 Å². The number of nitrogens with one attached hydrogen (secondary N) is 1. The summed E-state index contributed by atoms with van der Waals surface area (Å²) in [6.07, 6.45) is 6.77. The van der Waals surface area contributed by atoms with Gasteiger partial charge in [0.1, 0.15) is 23.6 Å². The lowest BCUT2D eigenvalue weighted by molar-refractivity contribution is 0.102. The molecule has 3 aromatic carbocycles. The summed E-state index contributed by atoms with van der Waals surface area (Å²) in [7, 11) is 0.